The van der Waals surface area contributed by atoms with Crippen molar-refractivity contribution in [3.05, 3.63) is 82.6 Å². The number of nitrogens with zero attached hydrogens (tertiary/aromatic N) is 4. The molecule has 0 radical (unpaired) electrons. The number of carbonyl (C=O) groups is 1. The SMILES string of the molecule is NC(=O)c1nn(-c2c(F)cccc2Cl)cc1Nc1ccc(-n2cc3c(n2)CCOC3)cc1. The summed E-state index contributed by atoms with van der Waals surface area (Å²) >= 11 is 6.13. The topological polar surface area (TPSA) is 100.0 Å². The molecule has 10 heteroatoms. The van der Waals surface area contributed by atoms with Crippen molar-refractivity contribution in [2.24, 2.45) is 5.73 Å². The van der Waals surface area contributed by atoms with Gasteiger partial charge in [-0.25, -0.2) is 13.8 Å². The molecule has 0 saturated carbocycles. The Hall–Kier alpha value is -3.69. The fourth-order valence-electron chi connectivity index (χ4n) is 3.58. The van der Waals surface area contributed by atoms with E-state index >= 15 is 0 Å². The lowest BCUT2D eigenvalue weighted by atomic mass is 10.2. The second-order valence-electron chi connectivity index (χ2n) is 7.29. The van der Waals surface area contributed by atoms with E-state index in [1.807, 2.05) is 35.1 Å². The quantitative estimate of drug-likeness (QED) is 0.480. The number of carbonyl (C=O) groups excluding carboxylic acids is 1. The lowest BCUT2D eigenvalue weighted by Gasteiger charge is -2.08. The van der Waals surface area contributed by atoms with Crippen LogP contribution in [-0.2, 0) is 17.8 Å². The third kappa shape index (κ3) is 3.72. The van der Waals surface area contributed by atoms with Gasteiger partial charge in [0.2, 0.25) is 0 Å². The van der Waals surface area contributed by atoms with Crippen LogP contribution in [0.1, 0.15) is 21.7 Å². The van der Waals surface area contributed by atoms with E-state index in [1.54, 1.807) is 0 Å². The van der Waals surface area contributed by atoms with Crippen molar-refractivity contribution in [1.29, 1.82) is 0 Å². The number of primary amides is 1. The number of ether oxygens (including phenoxy) is 1. The number of anilines is 2. The van der Waals surface area contributed by atoms with Gasteiger partial charge in [-0.05, 0) is 36.4 Å². The summed E-state index contributed by atoms with van der Waals surface area (Å²) in [4.78, 5) is 11.9. The maximum Gasteiger partial charge on any atom is 0.271 e. The third-order valence-corrected chi connectivity index (χ3v) is 5.45. The molecule has 3 heterocycles. The minimum Gasteiger partial charge on any atom is -0.376 e. The van der Waals surface area contributed by atoms with Gasteiger partial charge >= 0.3 is 0 Å². The van der Waals surface area contributed by atoms with Crippen LogP contribution in [-0.4, -0.2) is 32.1 Å². The lowest BCUT2D eigenvalue weighted by molar-refractivity contribution is 0.0996. The number of nitrogens with one attached hydrogen (secondary N) is 1. The van der Waals surface area contributed by atoms with E-state index in [4.69, 9.17) is 22.1 Å². The van der Waals surface area contributed by atoms with E-state index in [9.17, 15) is 9.18 Å². The predicted octanol–water partition coefficient (Wildman–Crippen LogP) is 3.77. The fourth-order valence-corrected chi connectivity index (χ4v) is 3.83. The summed E-state index contributed by atoms with van der Waals surface area (Å²) < 4.78 is 22.8. The second-order valence-corrected chi connectivity index (χ2v) is 7.70. The molecule has 32 heavy (non-hydrogen) atoms. The van der Waals surface area contributed by atoms with Gasteiger partial charge in [0.1, 0.15) is 11.5 Å². The molecule has 2 aromatic carbocycles. The highest BCUT2D eigenvalue weighted by molar-refractivity contribution is 6.32. The fraction of sp³-hybridized carbons (Fsp3) is 0.136. The molecule has 0 fully saturated rings. The van der Waals surface area contributed by atoms with Gasteiger partial charge < -0.3 is 15.8 Å². The normalized spacial score (nSPS) is 13.1. The number of benzene rings is 2. The van der Waals surface area contributed by atoms with Gasteiger partial charge in [0.25, 0.3) is 5.91 Å². The molecule has 0 aliphatic carbocycles. The Morgan fingerprint density at radius 1 is 1.12 bits per heavy atom. The number of halogens is 2. The van der Waals surface area contributed by atoms with E-state index in [0.717, 1.165) is 23.4 Å². The Morgan fingerprint density at radius 2 is 1.94 bits per heavy atom. The molecular formula is C22H18ClFN6O2. The smallest absolute Gasteiger partial charge is 0.271 e. The second kappa shape index (κ2) is 8.10. The predicted molar refractivity (Wildman–Crippen MR) is 117 cm³/mol. The minimum atomic E-state index is -0.750. The van der Waals surface area contributed by atoms with Crippen molar-refractivity contribution in [1.82, 2.24) is 19.6 Å². The molecule has 0 unspecified atom stereocenters. The minimum absolute atomic E-state index is 0.0340. The third-order valence-electron chi connectivity index (χ3n) is 5.14. The van der Waals surface area contributed by atoms with Crippen molar-refractivity contribution in [3.63, 3.8) is 0 Å². The van der Waals surface area contributed by atoms with Gasteiger partial charge in [0.05, 0.1) is 41.5 Å². The van der Waals surface area contributed by atoms with Gasteiger partial charge in [-0.1, -0.05) is 17.7 Å². The molecule has 0 atom stereocenters. The molecule has 8 nitrogen and oxygen atoms in total. The number of hydrogen-bond donors (Lipinski definition) is 2. The van der Waals surface area contributed by atoms with Crippen LogP contribution in [0.3, 0.4) is 0 Å². The first-order chi connectivity index (χ1) is 15.5. The van der Waals surface area contributed by atoms with Gasteiger partial charge in [0, 0.05) is 23.9 Å². The van der Waals surface area contributed by atoms with Crippen LogP contribution in [0.4, 0.5) is 15.8 Å². The van der Waals surface area contributed by atoms with Crippen molar-refractivity contribution in [2.45, 2.75) is 13.0 Å². The molecule has 0 spiro atoms. The first-order valence-corrected chi connectivity index (χ1v) is 10.2. The number of para-hydroxylation sites is 1. The molecular weight excluding hydrogens is 435 g/mol. The zero-order valence-electron chi connectivity index (χ0n) is 16.8. The molecule has 162 valence electrons. The number of fused-ring (bicyclic) bond motifs is 1. The molecule has 4 aromatic rings. The standard InChI is InChI=1S/C22H18ClFN6O2/c23-16-2-1-3-17(24)21(16)30-11-19(20(28-30)22(25)31)26-14-4-6-15(7-5-14)29-10-13-12-32-9-8-18(13)27-29/h1-7,10-11,26H,8-9,12H2,(H2,25,31). The zero-order valence-corrected chi connectivity index (χ0v) is 17.5. The summed E-state index contributed by atoms with van der Waals surface area (Å²) in [5.74, 6) is -1.32. The number of hydrogen-bond acceptors (Lipinski definition) is 5. The van der Waals surface area contributed by atoms with E-state index in [-0.39, 0.29) is 16.4 Å². The Labute approximate surface area is 187 Å². The van der Waals surface area contributed by atoms with Crippen molar-refractivity contribution < 1.29 is 13.9 Å². The van der Waals surface area contributed by atoms with E-state index in [0.29, 0.717) is 24.6 Å². The Bertz CT molecular complexity index is 1270. The highest BCUT2D eigenvalue weighted by atomic mass is 35.5. The summed E-state index contributed by atoms with van der Waals surface area (Å²) in [7, 11) is 0. The van der Waals surface area contributed by atoms with Gasteiger partial charge in [-0.2, -0.15) is 10.2 Å². The highest BCUT2D eigenvalue weighted by Gasteiger charge is 2.19. The summed E-state index contributed by atoms with van der Waals surface area (Å²) in [5.41, 5.74) is 9.52. The maximum atomic E-state index is 14.3. The number of amides is 1. The molecule has 0 saturated heterocycles. The summed E-state index contributed by atoms with van der Waals surface area (Å²) in [5, 5.41) is 12.0. The zero-order chi connectivity index (χ0) is 22.2. The Kier molecular flexibility index (Phi) is 5.12. The molecule has 0 bridgehead atoms. The summed E-state index contributed by atoms with van der Waals surface area (Å²) in [6.45, 7) is 1.25. The highest BCUT2D eigenvalue weighted by Crippen LogP contribution is 2.28. The number of nitrogens with two attached hydrogens (primary N) is 1. The summed E-state index contributed by atoms with van der Waals surface area (Å²) in [6.07, 6.45) is 4.23. The molecule has 3 N–H and O–H groups in total. The largest absolute Gasteiger partial charge is 0.376 e. The summed E-state index contributed by atoms with van der Waals surface area (Å²) in [6, 6.07) is 11.8. The van der Waals surface area contributed by atoms with Crippen LogP contribution in [0, 0.1) is 5.82 Å². The number of rotatable bonds is 5. The van der Waals surface area contributed by atoms with Crippen LogP contribution in [0.25, 0.3) is 11.4 Å². The van der Waals surface area contributed by atoms with Gasteiger partial charge in [0.15, 0.2) is 5.69 Å². The van der Waals surface area contributed by atoms with E-state index in [1.165, 1.54) is 29.1 Å². The van der Waals surface area contributed by atoms with Crippen LogP contribution >= 0.6 is 11.6 Å². The molecule has 1 amide bonds. The van der Waals surface area contributed by atoms with Crippen LogP contribution in [0.2, 0.25) is 5.02 Å². The van der Waals surface area contributed by atoms with E-state index in [2.05, 4.69) is 15.5 Å². The van der Waals surface area contributed by atoms with E-state index < -0.39 is 11.7 Å². The van der Waals surface area contributed by atoms with Gasteiger partial charge in [-0.15, -0.1) is 0 Å². The molecule has 5 rings (SSSR count). The van der Waals surface area contributed by atoms with Crippen molar-refractivity contribution >= 4 is 28.9 Å². The maximum absolute atomic E-state index is 14.3. The Balaban J connectivity index is 1.43. The Morgan fingerprint density at radius 3 is 2.66 bits per heavy atom. The molecule has 1 aliphatic heterocycles. The average Bonchev–Trinajstić information content (AvgIpc) is 3.39. The average molecular weight is 453 g/mol. The van der Waals surface area contributed by atoms with Crippen molar-refractivity contribution in [3.8, 4) is 11.4 Å². The molecule has 2 aromatic heterocycles. The lowest BCUT2D eigenvalue weighted by Crippen LogP contribution is -2.14. The monoisotopic (exact) mass is 452 g/mol. The van der Waals surface area contributed by atoms with Crippen LogP contribution < -0.4 is 11.1 Å². The first-order valence-electron chi connectivity index (χ1n) is 9.86. The van der Waals surface area contributed by atoms with Crippen LogP contribution in [0.5, 0.6) is 0 Å². The van der Waals surface area contributed by atoms with Crippen molar-refractivity contribution in [2.75, 3.05) is 11.9 Å². The first kappa shape index (κ1) is 20.2. The number of aromatic nitrogens is 4. The molecule has 1 aliphatic rings. The van der Waals surface area contributed by atoms with Gasteiger partial charge in [-0.3, -0.25) is 4.79 Å². The van der Waals surface area contributed by atoms with Crippen LogP contribution in [0.15, 0.2) is 54.9 Å².